The van der Waals surface area contributed by atoms with E-state index in [9.17, 15) is 0 Å². The summed E-state index contributed by atoms with van der Waals surface area (Å²) in [6.45, 7) is 0. The van der Waals surface area contributed by atoms with E-state index < -0.39 is 0 Å². The fraction of sp³-hybridized carbons (Fsp3) is 0. The number of hydrogen-bond acceptors (Lipinski definition) is 0. The van der Waals surface area contributed by atoms with Gasteiger partial charge in [0.25, 0.3) is 0 Å². The molecule has 3 heterocycles. The second kappa shape index (κ2) is 9.58. The first kappa shape index (κ1) is 25.0. The molecule has 0 N–H and O–H groups in total. The summed E-state index contributed by atoms with van der Waals surface area (Å²) in [6, 6.07) is 58.2. The van der Waals surface area contributed by atoms with E-state index in [0.717, 1.165) is 0 Å². The number of hydrogen-bond donors (Lipinski definition) is 0. The summed E-state index contributed by atoms with van der Waals surface area (Å²) in [6.07, 6.45) is 0. The van der Waals surface area contributed by atoms with E-state index in [0.29, 0.717) is 0 Å². The first-order valence-electron chi connectivity index (χ1n) is 15.4. The van der Waals surface area contributed by atoms with E-state index >= 15 is 0 Å². The molecule has 0 aliphatic carbocycles. The van der Waals surface area contributed by atoms with Crippen LogP contribution in [0.25, 0.3) is 85.4 Å². The third-order valence-corrected chi connectivity index (χ3v) is 11.9. The SMILES string of the molecule is c1ccc2c(c1)[se]c1c(-c3cc(-n4c5ccccc5c5ccccc54)cc(-n4c5ccccc5c5ccccc54)c3)cccc12. The molecule has 0 atom stereocenters. The van der Waals surface area contributed by atoms with E-state index in [1.54, 1.807) is 0 Å². The van der Waals surface area contributed by atoms with Crippen molar-refractivity contribution in [3.8, 4) is 22.5 Å². The number of fused-ring (bicyclic) bond motifs is 9. The molecule has 0 radical (unpaired) electrons. The van der Waals surface area contributed by atoms with E-state index in [1.807, 2.05) is 0 Å². The van der Waals surface area contributed by atoms with Gasteiger partial charge in [-0.15, -0.1) is 0 Å². The Kier molecular flexibility index (Phi) is 5.33. The molecule has 3 heteroatoms. The summed E-state index contributed by atoms with van der Waals surface area (Å²) in [4.78, 5) is 0. The molecule has 0 saturated carbocycles. The first-order chi connectivity index (χ1) is 22.3. The van der Waals surface area contributed by atoms with Crippen LogP contribution in [0.5, 0.6) is 0 Å². The van der Waals surface area contributed by atoms with Gasteiger partial charge in [0.2, 0.25) is 0 Å². The van der Waals surface area contributed by atoms with Gasteiger partial charge >= 0.3 is 267 Å². The van der Waals surface area contributed by atoms with Crippen LogP contribution in [-0.2, 0) is 0 Å². The Labute approximate surface area is 265 Å². The number of para-hydroxylation sites is 4. The van der Waals surface area contributed by atoms with Crippen LogP contribution in [0.3, 0.4) is 0 Å². The Balaban J connectivity index is 1.35. The topological polar surface area (TPSA) is 9.86 Å². The van der Waals surface area contributed by atoms with Crippen molar-refractivity contribution in [3.63, 3.8) is 0 Å². The van der Waals surface area contributed by atoms with Gasteiger partial charge in [0.15, 0.2) is 0 Å². The van der Waals surface area contributed by atoms with Crippen LogP contribution in [0.15, 0.2) is 158 Å². The second-order valence-corrected chi connectivity index (χ2v) is 14.0. The third kappa shape index (κ3) is 3.63. The normalized spacial score (nSPS) is 12.0. The molecule has 0 aliphatic rings. The molecule has 2 nitrogen and oxygen atoms in total. The summed E-state index contributed by atoms with van der Waals surface area (Å²) >= 11 is 0.248. The third-order valence-electron chi connectivity index (χ3n) is 9.29. The molecule has 10 rings (SSSR count). The summed E-state index contributed by atoms with van der Waals surface area (Å²) in [5, 5.41) is 7.86. The zero-order valence-electron chi connectivity index (χ0n) is 24.3. The molecule has 0 aliphatic heterocycles. The number of aromatic nitrogens is 2. The Morgan fingerprint density at radius 3 is 1.29 bits per heavy atom. The Morgan fingerprint density at radius 1 is 0.356 bits per heavy atom. The van der Waals surface area contributed by atoms with Crippen LogP contribution in [0.4, 0.5) is 0 Å². The molecule has 0 spiro atoms. The minimum absolute atomic E-state index is 0.248. The van der Waals surface area contributed by atoms with E-state index in [4.69, 9.17) is 0 Å². The van der Waals surface area contributed by atoms with Crippen LogP contribution in [0, 0.1) is 0 Å². The van der Waals surface area contributed by atoms with Gasteiger partial charge in [0.1, 0.15) is 0 Å². The Hall–Kier alpha value is -5.34. The van der Waals surface area contributed by atoms with Gasteiger partial charge in [-0.05, 0) is 0 Å². The predicted molar refractivity (Wildman–Crippen MR) is 193 cm³/mol. The number of rotatable bonds is 3. The van der Waals surface area contributed by atoms with Gasteiger partial charge in [0.05, 0.1) is 0 Å². The van der Waals surface area contributed by atoms with Crippen LogP contribution in [0.1, 0.15) is 0 Å². The molecule has 3 aromatic heterocycles. The van der Waals surface area contributed by atoms with Gasteiger partial charge < -0.3 is 0 Å². The summed E-state index contributed by atoms with van der Waals surface area (Å²) in [7, 11) is 0. The van der Waals surface area contributed by atoms with Crippen LogP contribution in [0.2, 0.25) is 0 Å². The summed E-state index contributed by atoms with van der Waals surface area (Å²) in [5.74, 6) is 0. The van der Waals surface area contributed by atoms with E-state index in [2.05, 4.69) is 167 Å². The van der Waals surface area contributed by atoms with Crippen molar-refractivity contribution in [2.75, 3.05) is 0 Å². The first-order valence-corrected chi connectivity index (χ1v) is 17.1. The summed E-state index contributed by atoms with van der Waals surface area (Å²) in [5.41, 5.74) is 9.80. The molecule has 7 aromatic carbocycles. The molecule has 0 saturated heterocycles. The fourth-order valence-electron chi connectivity index (χ4n) is 7.38. The summed E-state index contributed by atoms with van der Waals surface area (Å²) < 4.78 is 7.84. The molecule has 0 unspecified atom stereocenters. The molecule has 210 valence electrons. The van der Waals surface area contributed by atoms with Crippen molar-refractivity contribution in [2.45, 2.75) is 0 Å². The van der Waals surface area contributed by atoms with Crippen molar-refractivity contribution < 1.29 is 0 Å². The molecular weight excluding hydrogens is 611 g/mol. The van der Waals surface area contributed by atoms with Crippen LogP contribution < -0.4 is 0 Å². The molecule has 10 aromatic rings. The molecular formula is C42H26N2Se. The molecule has 0 amide bonds. The van der Waals surface area contributed by atoms with Crippen molar-refractivity contribution >= 4 is 77.4 Å². The Bertz CT molecular complexity index is 2530. The maximum atomic E-state index is 2.45. The number of benzene rings is 7. The maximum absolute atomic E-state index is 2.45. The van der Waals surface area contributed by atoms with Gasteiger partial charge in [-0.2, -0.15) is 0 Å². The van der Waals surface area contributed by atoms with Gasteiger partial charge in [-0.3, -0.25) is 0 Å². The van der Waals surface area contributed by atoms with Gasteiger partial charge in [-0.1, -0.05) is 0 Å². The Morgan fingerprint density at radius 2 is 0.778 bits per heavy atom. The molecule has 0 fully saturated rings. The van der Waals surface area contributed by atoms with Gasteiger partial charge in [0, 0.05) is 0 Å². The average Bonchev–Trinajstić information content (AvgIpc) is 3.76. The molecule has 45 heavy (non-hydrogen) atoms. The van der Waals surface area contributed by atoms with E-state index in [1.165, 1.54) is 85.4 Å². The zero-order valence-corrected chi connectivity index (χ0v) is 26.0. The zero-order chi connectivity index (χ0) is 29.5. The van der Waals surface area contributed by atoms with Crippen LogP contribution in [-0.4, -0.2) is 23.6 Å². The van der Waals surface area contributed by atoms with Crippen molar-refractivity contribution in [1.82, 2.24) is 9.13 Å². The minimum atomic E-state index is 0.248. The fourth-order valence-corrected chi connectivity index (χ4v) is 9.98. The standard InChI is InChI=1S/C42H26N2Se/c1-6-19-37-31(12-1)32-13-2-7-20-38(32)43(37)28-24-27(30-17-11-18-36-35-16-5-10-23-41(35)45-42(30)36)25-29(26-28)44-39-21-8-3-14-33(39)34-15-4-9-22-40(34)44/h1-26H. The van der Waals surface area contributed by atoms with Crippen LogP contribution >= 0.6 is 0 Å². The van der Waals surface area contributed by atoms with E-state index in [-0.39, 0.29) is 14.5 Å². The number of nitrogens with zero attached hydrogens (tertiary/aromatic N) is 2. The average molecular weight is 638 g/mol. The quantitative estimate of drug-likeness (QED) is 0.171. The predicted octanol–water partition coefficient (Wildman–Crippen LogP) is 10.9. The van der Waals surface area contributed by atoms with Crippen molar-refractivity contribution in [1.29, 1.82) is 0 Å². The van der Waals surface area contributed by atoms with Gasteiger partial charge in [-0.25, -0.2) is 0 Å². The van der Waals surface area contributed by atoms with Crippen molar-refractivity contribution in [2.24, 2.45) is 0 Å². The second-order valence-electron chi connectivity index (χ2n) is 11.8. The monoisotopic (exact) mass is 638 g/mol. The molecule has 0 bridgehead atoms. The van der Waals surface area contributed by atoms with Crippen molar-refractivity contribution in [3.05, 3.63) is 158 Å².